The van der Waals surface area contributed by atoms with E-state index in [0.29, 0.717) is 13.2 Å². The second-order valence-corrected chi connectivity index (χ2v) is 14.7. The normalized spacial score (nSPS) is 29.6. The highest BCUT2D eigenvalue weighted by molar-refractivity contribution is 5.97. The molecule has 0 aromatic carbocycles. The second-order valence-electron chi connectivity index (χ2n) is 14.7. The van der Waals surface area contributed by atoms with E-state index in [1.54, 1.807) is 0 Å². The van der Waals surface area contributed by atoms with Crippen LogP contribution >= 0.6 is 0 Å². The highest BCUT2D eigenvalue weighted by atomic mass is 16.5. The van der Waals surface area contributed by atoms with Crippen LogP contribution in [0, 0.1) is 11.8 Å². The molecule has 0 unspecified atom stereocenters. The Labute approximate surface area is 292 Å². The molecule has 18 heteroatoms. The van der Waals surface area contributed by atoms with Crippen molar-refractivity contribution in [3.63, 3.8) is 0 Å². The Morgan fingerprint density at radius 1 is 0.660 bits per heavy atom. The number of urea groups is 1. The standard InChI is InChI=1S/C32H54N10O8/c1-16(2)14-49-21-8-23(27(33)44)42(13-21)29(46)24-6-19(37-31(34)35)10-40(24)28(45)25-7-20(38-32(36)48)11-41(25)30(47)26-9-22(50-15-17(3)4)12-39(26)18(5)43/h16-17,19-26H,6-15H2,1-5H3,(H2,33,44)(H4,34,35,37)(H3,36,38,48)/t19-,20-,21-,22-,23+,24+,25+,26+/m1/s1. The number of amides is 7. The van der Waals surface area contributed by atoms with Crippen LogP contribution in [0.4, 0.5) is 4.79 Å². The van der Waals surface area contributed by atoms with Gasteiger partial charge in [-0.3, -0.25) is 24.0 Å². The molecule has 18 nitrogen and oxygen atoms in total. The van der Waals surface area contributed by atoms with Crippen molar-refractivity contribution in [2.75, 3.05) is 39.4 Å². The molecule has 280 valence electrons. The zero-order chi connectivity index (χ0) is 37.0. The second kappa shape index (κ2) is 16.2. The number of carbonyl (C=O) groups excluding carboxylic acids is 6. The van der Waals surface area contributed by atoms with Gasteiger partial charge in [0.1, 0.15) is 24.2 Å². The van der Waals surface area contributed by atoms with E-state index in [1.807, 2.05) is 27.7 Å². The average molecular weight is 707 g/mol. The van der Waals surface area contributed by atoms with Gasteiger partial charge in [0.15, 0.2) is 5.96 Å². The molecule has 4 aliphatic heterocycles. The Morgan fingerprint density at radius 3 is 1.60 bits per heavy atom. The number of rotatable bonds is 12. The molecule has 4 fully saturated rings. The first-order valence-electron chi connectivity index (χ1n) is 17.3. The summed E-state index contributed by atoms with van der Waals surface area (Å²) in [5.41, 5.74) is 22.5. The predicted octanol–water partition coefficient (Wildman–Crippen LogP) is -2.34. The van der Waals surface area contributed by atoms with Crippen LogP contribution in [-0.4, -0.2) is 149 Å². The number of carbonyl (C=O) groups is 6. The van der Waals surface area contributed by atoms with Crippen LogP contribution in [0.25, 0.3) is 0 Å². The average Bonchev–Trinajstić information content (AvgIpc) is 3.82. The minimum Gasteiger partial charge on any atom is -0.376 e. The molecule has 4 aliphatic rings. The lowest BCUT2D eigenvalue weighted by molar-refractivity contribution is -0.152. The van der Waals surface area contributed by atoms with Gasteiger partial charge in [0.05, 0.1) is 24.3 Å². The van der Waals surface area contributed by atoms with Gasteiger partial charge in [-0.1, -0.05) is 27.7 Å². The van der Waals surface area contributed by atoms with Crippen molar-refractivity contribution < 1.29 is 38.2 Å². The lowest BCUT2D eigenvalue weighted by Gasteiger charge is -2.34. The van der Waals surface area contributed by atoms with E-state index in [1.165, 1.54) is 26.5 Å². The third kappa shape index (κ3) is 9.12. The SMILES string of the molecule is CC(=O)N1C[C@H](OCC(C)C)C[C@H]1C(=O)N1C[C@H](NC(N)=O)C[C@H]1C(=O)N1C[C@H](N=C(N)N)C[C@H]1C(=O)N1C[C@H](OCC(C)C)C[C@H]1C(N)=O. The van der Waals surface area contributed by atoms with Crippen LogP contribution in [0.5, 0.6) is 0 Å². The molecule has 0 aromatic heterocycles. The number of hydrogen-bond donors (Lipinski definition) is 5. The summed E-state index contributed by atoms with van der Waals surface area (Å²) in [6.45, 7) is 10.4. The van der Waals surface area contributed by atoms with E-state index >= 15 is 0 Å². The van der Waals surface area contributed by atoms with Crippen molar-refractivity contribution in [1.29, 1.82) is 0 Å². The molecule has 50 heavy (non-hydrogen) atoms. The molecule has 4 saturated heterocycles. The minimum atomic E-state index is -1.12. The maximum Gasteiger partial charge on any atom is 0.312 e. The molecule has 9 N–H and O–H groups in total. The van der Waals surface area contributed by atoms with Crippen molar-refractivity contribution in [1.82, 2.24) is 24.9 Å². The molecular formula is C32H54N10O8. The van der Waals surface area contributed by atoms with Gasteiger partial charge in [-0.15, -0.1) is 0 Å². The van der Waals surface area contributed by atoms with E-state index in [9.17, 15) is 28.8 Å². The van der Waals surface area contributed by atoms with E-state index in [0.717, 1.165) is 0 Å². The van der Waals surface area contributed by atoms with E-state index < -0.39 is 72.0 Å². The highest BCUT2D eigenvalue weighted by Crippen LogP contribution is 2.32. The van der Waals surface area contributed by atoms with Gasteiger partial charge >= 0.3 is 6.03 Å². The van der Waals surface area contributed by atoms with Gasteiger partial charge in [0.2, 0.25) is 29.5 Å². The number of nitrogens with two attached hydrogens (primary N) is 4. The van der Waals surface area contributed by atoms with Crippen molar-refractivity contribution in [3.8, 4) is 0 Å². The van der Waals surface area contributed by atoms with Gasteiger partial charge < -0.3 is 57.3 Å². The van der Waals surface area contributed by atoms with Crippen LogP contribution in [0.3, 0.4) is 0 Å². The summed E-state index contributed by atoms with van der Waals surface area (Å²) in [6, 6.07) is -6.20. The zero-order valence-electron chi connectivity index (χ0n) is 29.7. The highest BCUT2D eigenvalue weighted by Gasteiger charge is 2.52. The third-order valence-corrected chi connectivity index (χ3v) is 9.55. The summed E-state index contributed by atoms with van der Waals surface area (Å²) in [5, 5.41) is 2.60. The Morgan fingerprint density at radius 2 is 1.12 bits per heavy atom. The Bertz CT molecular complexity index is 1340. The van der Waals surface area contributed by atoms with Crippen molar-refractivity contribution >= 4 is 41.5 Å². The first-order chi connectivity index (χ1) is 23.5. The summed E-state index contributed by atoms with van der Waals surface area (Å²) >= 11 is 0. The Balaban J connectivity index is 1.62. The third-order valence-electron chi connectivity index (χ3n) is 9.55. The largest absolute Gasteiger partial charge is 0.376 e. The summed E-state index contributed by atoms with van der Waals surface area (Å²) in [4.78, 5) is 89.8. The number of guanidine groups is 1. The quantitative estimate of drug-likeness (QED) is 0.107. The molecule has 7 amide bonds. The minimum absolute atomic E-state index is 0.0106. The topological polar surface area (TPSA) is 262 Å². The van der Waals surface area contributed by atoms with E-state index in [-0.39, 0.29) is 81.7 Å². The molecule has 0 spiro atoms. The van der Waals surface area contributed by atoms with Crippen molar-refractivity contribution in [2.45, 2.75) is 109 Å². The first-order valence-corrected chi connectivity index (χ1v) is 17.3. The number of nitrogens with one attached hydrogen (secondary N) is 1. The molecule has 0 bridgehead atoms. The van der Waals surface area contributed by atoms with Gasteiger partial charge in [-0.25, -0.2) is 9.79 Å². The number of hydrogen-bond acceptors (Lipinski definition) is 9. The van der Waals surface area contributed by atoms with Crippen LogP contribution in [0.2, 0.25) is 0 Å². The van der Waals surface area contributed by atoms with Crippen LogP contribution in [-0.2, 0) is 33.4 Å². The summed E-state index contributed by atoms with van der Waals surface area (Å²) in [5.74, 6) is -2.33. The van der Waals surface area contributed by atoms with Crippen LogP contribution < -0.4 is 28.3 Å². The first kappa shape index (κ1) is 38.6. The lowest BCUT2D eigenvalue weighted by Crippen LogP contribution is -2.57. The van der Waals surface area contributed by atoms with E-state index in [4.69, 9.17) is 32.4 Å². The molecule has 0 aromatic rings. The fraction of sp³-hybridized carbons (Fsp3) is 0.781. The van der Waals surface area contributed by atoms with E-state index in [2.05, 4.69) is 10.3 Å². The van der Waals surface area contributed by atoms with Crippen LogP contribution in [0.15, 0.2) is 4.99 Å². The molecule has 0 aliphatic carbocycles. The van der Waals surface area contributed by atoms with Crippen molar-refractivity contribution in [2.24, 2.45) is 39.8 Å². The molecule has 8 atom stereocenters. The Kier molecular flexibility index (Phi) is 12.5. The number of likely N-dealkylation sites (tertiary alicyclic amines) is 4. The van der Waals surface area contributed by atoms with Gasteiger partial charge in [0.25, 0.3) is 0 Å². The summed E-state index contributed by atoms with van der Waals surface area (Å²) < 4.78 is 11.9. The summed E-state index contributed by atoms with van der Waals surface area (Å²) in [6.07, 6.45) is -0.285. The monoisotopic (exact) mass is 706 g/mol. The molecule has 4 rings (SSSR count). The fourth-order valence-corrected chi connectivity index (χ4v) is 7.38. The molecule has 0 saturated carbocycles. The maximum atomic E-state index is 14.6. The lowest BCUT2D eigenvalue weighted by atomic mass is 10.1. The predicted molar refractivity (Wildman–Crippen MR) is 181 cm³/mol. The molecule has 4 heterocycles. The number of primary amides is 2. The number of aliphatic imine (C=N–C) groups is 1. The number of ether oxygens (including phenoxy) is 2. The molecule has 0 radical (unpaired) electrons. The summed E-state index contributed by atoms with van der Waals surface area (Å²) in [7, 11) is 0. The van der Waals surface area contributed by atoms with Gasteiger partial charge in [-0.2, -0.15) is 0 Å². The smallest absolute Gasteiger partial charge is 0.312 e. The van der Waals surface area contributed by atoms with Gasteiger partial charge in [-0.05, 0) is 18.3 Å². The van der Waals surface area contributed by atoms with Gasteiger partial charge in [0, 0.05) is 65.6 Å². The zero-order valence-corrected chi connectivity index (χ0v) is 29.7. The van der Waals surface area contributed by atoms with Crippen molar-refractivity contribution in [3.05, 3.63) is 0 Å². The van der Waals surface area contributed by atoms with Crippen LogP contribution in [0.1, 0.15) is 60.3 Å². The maximum absolute atomic E-state index is 14.6. The Hall–Kier alpha value is -4.19. The number of nitrogens with zero attached hydrogens (tertiary/aromatic N) is 5. The molecular weight excluding hydrogens is 652 g/mol. The fourth-order valence-electron chi connectivity index (χ4n) is 7.38.